The highest BCUT2D eigenvalue weighted by molar-refractivity contribution is 8.82. The Balaban J connectivity index is 1.99. The highest BCUT2D eigenvalue weighted by Gasteiger charge is 2.28. The number of hydrogen-bond donors (Lipinski definition) is 0. The van der Waals surface area contributed by atoms with Crippen LogP contribution in [0.1, 0.15) is 26.2 Å². The Morgan fingerprint density at radius 1 is 1.00 bits per heavy atom. The fourth-order valence-corrected chi connectivity index (χ4v) is 8.46. The van der Waals surface area contributed by atoms with Gasteiger partial charge in [0.15, 0.2) is 23.3 Å². The van der Waals surface area contributed by atoms with Crippen molar-refractivity contribution in [1.82, 2.24) is 0 Å². The van der Waals surface area contributed by atoms with Crippen molar-refractivity contribution in [3.8, 4) is 0 Å². The van der Waals surface area contributed by atoms with Gasteiger partial charge in [-0.05, 0) is 31.1 Å². The van der Waals surface area contributed by atoms with Crippen LogP contribution < -0.4 is 0 Å². The Morgan fingerprint density at radius 2 is 1.57 bits per heavy atom. The number of hydrogen-bond acceptors (Lipinski definition) is 2. The Kier molecular flexibility index (Phi) is 6.81. The molecule has 8 heteroatoms. The van der Waals surface area contributed by atoms with E-state index in [0.717, 1.165) is 19.3 Å². The average Bonchev–Trinajstić information content (AvgIpc) is 2.55. The zero-order valence-electron chi connectivity index (χ0n) is 12.3. The van der Waals surface area contributed by atoms with Gasteiger partial charge in [-0.1, -0.05) is 24.4 Å². The second-order valence-electron chi connectivity index (χ2n) is 5.53. The number of benzene rings is 1. The molecule has 128 valence electrons. The molecule has 1 aromatic carbocycles. The molecule has 0 radical (unpaired) electrons. The molecule has 0 nitrogen and oxygen atoms in total. The molecule has 1 aromatic rings. The molecule has 0 N–H and O–H groups in total. The van der Waals surface area contributed by atoms with Crippen molar-refractivity contribution < 1.29 is 22.0 Å². The Bertz CT molecular complexity index is 567. The van der Waals surface area contributed by atoms with E-state index in [0.29, 0.717) is 28.5 Å². The summed E-state index contributed by atoms with van der Waals surface area (Å²) >= 11 is 2.22. The van der Waals surface area contributed by atoms with E-state index in [2.05, 4.69) is 13.5 Å². The molecule has 0 amide bonds. The van der Waals surface area contributed by atoms with E-state index < -0.39 is 34.0 Å². The summed E-state index contributed by atoms with van der Waals surface area (Å²) < 4.78 is 66.4. The molecule has 1 aliphatic carbocycles. The van der Waals surface area contributed by atoms with E-state index in [1.165, 1.54) is 11.4 Å². The molecule has 2 rings (SSSR count). The topological polar surface area (TPSA) is 0 Å². The molecule has 0 aliphatic heterocycles. The smallest absolute Gasteiger partial charge is 0.200 e. The summed E-state index contributed by atoms with van der Waals surface area (Å²) in [6.45, 7) is 5.88. The SMILES string of the molecule is C=CC1CCC(SPSc2c(F)c(F)c(F)c(F)c2F)C(C)C1. The Hall–Kier alpha value is -0.260. The first-order chi connectivity index (χ1) is 10.9. The lowest BCUT2D eigenvalue weighted by atomic mass is 9.82. The van der Waals surface area contributed by atoms with Gasteiger partial charge in [-0.25, -0.2) is 22.0 Å². The van der Waals surface area contributed by atoms with Gasteiger partial charge in [-0.2, -0.15) is 0 Å². The van der Waals surface area contributed by atoms with Gasteiger partial charge < -0.3 is 0 Å². The summed E-state index contributed by atoms with van der Waals surface area (Å²) in [7, 11) is 0. The van der Waals surface area contributed by atoms with Crippen LogP contribution in [0.15, 0.2) is 17.6 Å². The van der Waals surface area contributed by atoms with Crippen LogP contribution in [0.25, 0.3) is 0 Å². The average molecular weight is 386 g/mol. The summed E-state index contributed by atoms with van der Waals surface area (Å²) in [6.07, 6.45) is 4.94. The van der Waals surface area contributed by atoms with Crippen LogP contribution in [0.5, 0.6) is 0 Å². The molecule has 1 aliphatic rings. The van der Waals surface area contributed by atoms with E-state index in [1.807, 2.05) is 6.08 Å². The highest BCUT2D eigenvalue weighted by atomic mass is 33.1. The third kappa shape index (κ3) is 4.23. The zero-order chi connectivity index (χ0) is 17.1. The largest absolute Gasteiger partial charge is 0.202 e. The molecule has 0 bridgehead atoms. The maximum Gasteiger partial charge on any atom is 0.200 e. The van der Waals surface area contributed by atoms with Gasteiger partial charge in [0.05, 0.1) is 4.90 Å². The fourth-order valence-electron chi connectivity index (χ4n) is 2.60. The molecule has 0 saturated heterocycles. The molecule has 4 atom stereocenters. The van der Waals surface area contributed by atoms with Gasteiger partial charge in [0.1, 0.15) is 0 Å². The van der Waals surface area contributed by atoms with Gasteiger partial charge in [0, 0.05) is 12.2 Å². The predicted octanol–water partition coefficient (Wildman–Crippen LogP) is 6.71. The van der Waals surface area contributed by atoms with Crippen LogP contribution in [-0.4, -0.2) is 5.25 Å². The summed E-state index contributed by atoms with van der Waals surface area (Å²) in [5.74, 6) is -8.46. The zero-order valence-corrected chi connectivity index (χ0v) is 15.0. The summed E-state index contributed by atoms with van der Waals surface area (Å²) in [5.41, 5.74) is 0. The minimum Gasteiger partial charge on any atom is -0.202 e. The van der Waals surface area contributed by atoms with Crippen LogP contribution in [-0.2, 0) is 0 Å². The van der Waals surface area contributed by atoms with Gasteiger partial charge >= 0.3 is 0 Å². The minimum atomic E-state index is -2.11. The van der Waals surface area contributed by atoms with Crippen LogP contribution in [0.3, 0.4) is 0 Å². The van der Waals surface area contributed by atoms with Crippen molar-refractivity contribution >= 4 is 29.7 Å². The quantitative estimate of drug-likeness (QED) is 0.181. The fraction of sp³-hybridized carbons (Fsp3) is 0.467. The third-order valence-electron chi connectivity index (χ3n) is 3.98. The molecule has 1 saturated carbocycles. The van der Waals surface area contributed by atoms with Crippen LogP contribution >= 0.6 is 29.7 Å². The summed E-state index contributed by atoms with van der Waals surface area (Å²) in [5, 5.41) is 0.332. The van der Waals surface area contributed by atoms with E-state index in [9.17, 15) is 22.0 Å². The molecular formula is C15H16F5PS2. The summed E-state index contributed by atoms with van der Waals surface area (Å²) in [6, 6.07) is 0. The lowest BCUT2D eigenvalue weighted by Crippen LogP contribution is -2.23. The maximum absolute atomic E-state index is 13.6. The van der Waals surface area contributed by atoms with Crippen molar-refractivity contribution in [3.05, 3.63) is 41.7 Å². The molecule has 0 spiro atoms. The number of allylic oxidation sites excluding steroid dienone is 1. The van der Waals surface area contributed by atoms with Crippen molar-refractivity contribution in [2.75, 3.05) is 0 Å². The standard InChI is InChI=1S/C15H16F5PS2/c1-3-8-4-5-9(7(2)6-8)22-21-23-15-13(19)11(17)10(16)12(18)14(15)20/h3,7-9,21H,1,4-6H2,2H3. The van der Waals surface area contributed by atoms with Crippen molar-refractivity contribution in [1.29, 1.82) is 0 Å². The minimum absolute atomic E-state index is 0.0267. The molecule has 4 unspecified atom stereocenters. The predicted molar refractivity (Wildman–Crippen MR) is 88.5 cm³/mol. The molecular weight excluding hydrogens is 370 g/mol. The lowest BCUT2D eigenvalue weighted by Gasteiger charge is -2.32. The normalized spacial score (nSPS) is 25.2. The van der Waals surface area contributed by atoms with Gasteiger partial charge in [-0.3, -0.25) is 0 Å². The van der Waals surface area contributed by atoms with Crippen LogP contribution in [0, 0.1) is 40.9 Å². The molecule has 23 heavy (non-hydrogen) atoms. The number of rotatable bonds is 5. The van der Waals surface area contributed by atoms with Crippen LogP contribution in [0.2, 0.25) is 0 Å². The Labute approximate surface area is 142 Å². The second kappa shape index (κ2) is 8.21. The maximum atomic E-state index is 13.6. The summed E-state index contributed by atoms with van der Waals surface area (Å²) in [4.78, 5) is -0.792. The molecule has 0 aromatic heterocycles. The Morgan fingerprint density at radius 3 is 2.09 bits per heavy atom. The third-order valence-corrected chi connectivity index (χ3v) is 9.40. The van der Waals surface area contributed by atoms with Gasteiger partial charge in [-0.15, -0.1) is 18.0 Å². The first kappa shape index (κ1) is 19.1. The van der Waals surface area contributed by atoms with E-state index in [4.69, 9.17) is 0 Å². The second-order valence-corrected chi connectivity index (χ2v) is 10.5. The number of halogens is 5. The van der Waals surface area contributed by atoms with E-state index >= 15 is 0 Å². The highest BCUT2D eigenvalue weighted by Crippen LogP contribution is 2.54. The molecule has 1 fully saturated rings. The monoisotopic (exact) mass is 386 g/mol. The van der Waals surface area contributed by atoms with Crippen LogP contribution in [0.4, 0.5) is 22.0 Å². The van der Waals surface area contributed by atoms with Gasteiger partial charge in [0.2, 0.25) is 5.82 Å². The van der Waals surface area contributed by atoms with Crippen molar-refractivity contribution in [2.45, 2.75) is 36.3 Å². The van der Waals surface area contributed by atoms with Crippen molar-refractivity contribution in [2.24, 2.45) is 11.8 Å². The molecule has 0 heterocycles. The van der Waals surface area contributed by atoms with E-state index in [-0.39, 0.29) is 6.98 Å². The first-order valence-electron chi connectivity index (χ1n) is 7.08. The van der Waals surface area contributed by atoms with Gasteiger partial charge in [0.25, 0.3) is 0 Å². The lowest BCUT2D eigenvalue weighted by molar-refractivity contribution is 0.337. The van der Waals surface area contributed by atoms with E-state index in [1.54, 1.807) is 0 Å². The first-order valence-corrected chi connectivity index (χ1v) is 11.2. The van der Waals surface area contributed by atoms with Crippen molar-refractivity contribution in [3.63, 3.8) is 0 Å².